The Morgan fingerprint density at radius 1 is 1.18 bits per heavy atom. The third kappa shape index (κ3) is 2.66. The predicted octanol–water partition coefficient (Wildman–Crippen LogP) is 2.35. The lowest BCUT2D eigenvalue weighted by Crippen LogP contribution is -2.13. The highest BCUT2D eigenvalue weighted by atomic mass is 16.1. The van der Waals surface area contributed by atoms with E-state index in [4.69, 9.17) is 0 Å². The fraction of sp³-hybridized carbons (Fsp3) is 0.154. The van der Waals surface area contributed by atoms with Gasteiger partial charge in [0.1, 0.15) is 6.33 Å². The Balaban J connectivity index is 2.19. The molecule has 0 radical (unpaired) electrons. The second kappa shape index (κ2) is 4.74. The summed E-state index contributed by atoms with van der Waals surface area (Å²) < 4.78 is 0. The first kappa shape index (κ1) is 11.3. The number of hydrogen-bond donors (Lipinski definition) is 1. The molecule has 0 atom stereocenters. The Morgan fingerprint density at radius 3 is 2.53 bits per heavy atom. The summed E-state index contributed by atoms with van der Waals surface area (Å²) in [7, 11) is 0. The van der Waals surface area contributed by atoms with Crippen molar-refractivity contribution in [1.29, 1.82) is 0 Å². The molecule has 1 N–H and O–H groups in total. The zero-order valence-corrected chi connectivity index (χ0v) is 9.77. The Morgan fingerprint density at radius 2 is 1.88 bits per heavy atom. The highest BCUT2D eigenvalue weighted by molar-refractivity contribution is 6.04. The average molecular weight is 227 g/mol. The van der Waals surface area contributed by atoms with Crippen molar-refractivity contribution in [2.24, 2.45) is 0 Å². The number of nitrogens with zero attached hydrogens (tertiary/aromatic N) is 2. The third-order valence-corrected chi connectivity index (χ3v) is 2.45. The van der Waals surface area contributed by atoms with Crippen LogP contribution in [-0.4, -0.2) is 15.9 Å². The molecule has 0 bridgehead atoms. The number of amides is 1. The number of hydrogen-bond acceptors (Lipinski definition) is 3. The smallest absolute Gasteiger partial charge is 0.258 e. The minimum Gasteiger partial charge on any atom is -0.322 e. The van der Waals surface area contributed by atoms with Crippen LogP contribution in [0.5, 0.6) is 0 Å². The minimum absolute atomic E-state index is 0.197. The Bertz CT molecular complexity index is 538. The van der Waals surface area contributed by atoms with Crippen LogP contribution in [-0.2, 0) is 0 Å². The zero-order valence-electron chi connectivity index (χ0n) is 9.77. The number of nitrogens with one attached hydrogen (secondary N) is 1. The first-order chi connectivity index (χ1) is 8.16. The van der Waals surface area contributed by atoms with Gasteiger partial charge in [0.05, 0.1) is 5.56 Å². The lowest BCUT2D eigenvalue weighted by Gasteiger charge is -2.08. The maximum absolute atomic E-state index is 11.9. The summed E-state index contributed by atoms with van der Waals surface area (Å²) in [5.41, 5.74) is 3.47. The van der Waals surface area contributed by atoms with Gasteiger partial charge in [-0.25, -0.2) is 9.97 Å². The molecule has 2 aromatic rings. The fourth-order valence-corrected chi connectivity index (χ4v) is 1.56. The molecule has 0 aliphatic rings. The van der Waals surface area contributed by atoms with E-state index in [0.29, 0.717) is 5.56 Å². The van der Waals surface area contributed by atoms with Crippen molar-refractivity contribution in [3.8, 4) is 0 Å². The summed E-state index contributed by atoms with van der Waals surface area (Å²) in [5.74, 6) is -0.197. The van der Waals surface area contributed by atoms with E-state index in [2.05, 4.69) is 15.3 Å². The van der Waals surface area contributed by atoms with Crippen molar-refractivity contribution in [3.05, 3.63) is 53.6 Å². The van der Waals surface area contributed by atoms with E-state index < -0.39 is 0 Å². The molecule has 1 aromatic heterocycles. The van der Waals surface area contributed by atoms with Crippen LogP contribution in [0.25, 0.3) is 0 Å². The van der Waals surface area contributed by atoms with Gasteiger partial charge in [-0.1, -0.05) is 17.7 Å². The van der Waals surface area contributed by atoms with Crippen molar-refractivity contribution < 1.29 is 4.79 Å². The van der Waals surface area contributed by atoms with Gasteiger partial charge in [0.25, 0.3) is 5.91 Å². The molecular weight excluding hydrogens is 214 g/mol. The largest absolute Gasteiger partial charge is 0.322 e. The van der Waals surface area contributed by atoms with Gasteiger partial charge in [-0.05, 0) is 25.5 Å². The minimum atomic E-state index is -0.197. The van der Waals surface area contributed by atoms with Gasteiger partial charge in [0.15, 0.2) is 0 Å². The van der Waals surface area contributed by atoms with Crippen LogP contribution in [0, 0.1) is 13.8 Å². The SMILES string of the molecule is Cc1ccc(NC(=O)c2cncnc2)c(C)c1. The fourth-order valence-electron chi connectivity index (χ4n) is 1.56. The summed E-state index contributed by atoms with van der Waals surface area (Å²) in [5, 5.41) is 2.83. The van der Waals surface area contributed by atoms with Crippen LogP contribution < -0.4 is 5.32 Å². The van der Waals surface area contributed by atoms with Crippen LogP contribution >= 0.6 is 0 Å². The number of benzene rings is 1. The molecule has 0 saturated heterocycles. The maximum atomic E-state index is 11.9. The number of aromatic nitrogens is 2. The zero-order chi connectivity index (χ0) is 12.3. The molecular formula is C13H13N3O. The molecule has 1 heterocycles. The highest BCUT2D eigenvalue weighted by Gasteiger charge is 2.07. The molecule has 4 heteroatoms. The monoisotopic (exact) mass is 227 g/mol. The van der Waals surface area contributed by atoms with Crippen LogP contribution in [0.3, 0.4) is 0 Å². The van der Waals surface area contributed by atoms with Gasteiger partial charge in [-0.2, -0.15) is 0 Å². The molecule has 0 aliphatic heterocycles. The first-order valence-electron chi connectivity index (χ1n) is 5.30. The van der Waals surface area contributed by atoms with Crippen LogP contribution in [0.4, 0.5) is 5.69 Å². The Hall–Kier alpha value is -2.23. The van der Waals surface area contributed by atoms with Crippen molar-refractivity contribution in [2.75, 3.05) is 5.32 Å². The molecule has 1 amide bonds. The molecule has 0 fully saturated rings. The lowest BCUT2D eigenvalue weighted by atomic mass is 10.1. The van der Waals surface area contributed by atoms with E-state index >= 15 is 0 Å². The van der Waals surface area contributed by atoms with E-state index in [1.807, 2.05) is 32.0 Å². The number of aryl methyl sites for hydroxylation is 2. The molecule has 2 rings (SSSR count). The van der Waals surface area contributed by atoms with Gasteiger partial charge < -0.3 is 5.32 Å². The van der Waals surface area contributed by atoms with Crippen LogP contribution in [0.2, 0.25) is 0 Å². The van der Waals surface area contributed by atoms with E-state index in [-0.39, 0.29) is 5.91 Å². The predicted molar refractivity (Wildman–Crippen MR) is 65.9 cm³/mol. The Labute approximate surface area is 99.7 Å². The van der Waals surface area contributed by atoms with Gasteiger partial charge in [-0.15, -0.1) is 0 Å². The van der Waals surface area contributed by atoms with E-state index in [1.165, 1.54) is 24.3 Å². The third-order valence-electron chi connectivity index (χ3n) is 2.45. The van der Waals surface area contributed by atoms with Crippen molar-refractivity contribution in [2.45, 2.75) is 13.8 Å². The summed E-state index contributed by atoms with van der Waals surface area (Å²) in [4.78, 5) is 19.5. The van der Waals surface area contributed by atoms with Crippen molar-refractivity contribution >= 4 is 11.6 Å². The molecule has 86 valence electrons. The van der Waals surface area contributed by atoms with Crippen molar-refractivity contribution in [1.82, 2.24) is 9.97 Å². The van der Waals surface area contributed by atoms with Gasteiger partial charge in [0, 0.05) is 18.1 Å². The highest BCUT2D eigenvalue weighted by Crippen LogP contribution is 2.16. The molecule has 1 aromatic carbocycles. The quantitative estimate of drug-likeness (QED) is 0.856. The first-order valence-corrected chi connectivity index (χ1v) is 5.30. The molecule has 0 aliphatic carbocycles. The van der Waals surface area contributed by atoms with E-state index in [1.54, 1.807) is 0 Å². The molecule has 0 saturated carbocycles. The number of anilines is 1. The second-order valence-corrected chi connectivity index (χ2v) is 3.90. The second-order valence-electron chi connectivity index (χ2n) is 3.90. The summed E-state index contributed by atoms with van der Waals surface area (Å²) in [6.07, 6.45) is 4.38. The lowest BCUT2D eigenvalue weighted by molar-refractivity contribution is 0.102. The number of carbonyl (C=O) groups excluding carboxylic acids is 1. The molecule has 0 unspecified atom stereocenters. The summed E-state index contributed by atoms with van der Waals surface area (Å²) in [6.45, 7) is 3.98. The van der Waals surface area contributed by atoms with Crippen molar-refractivity contribution in [3.63, 3.8) is 0 Å². The standard InChI is InChI=1S/C13H13N3O/c1-9-3-4-12(10(2)5-9)16-13(17)11-6-14-8-15-7-11/h3-8H,1-2H3,(H,16,17). The topological polar surface area (TPSA) is 54.9 Å². The average Bonchev–Trinajstić information content (AvgIpc) is 2.34. The van der Waals surface area contributed by atoms with Gasteiger partial charge in [0.2, 0.25) is 0 Å². The summed E-state index contributed by atoms with van der Waals surface area (Å²) >= 11 is 0. The number of carbonyl (C=O) groups is 1. The van der Waals surface area contributed by atoms with Gasteiger partial charge >= 0.3 is 0 Å². The normalized spacial score (nSPS) is 10.0. The van der Waals surface area contributed by atoms with Gasteiger partial charge in [-0.3, -0.25) is 4.79 Å². The molecule has 4 nitrogen and oxygen atoms in total. The maximum Gasteiger partial charge on any atom is 0.258 e. The number of rotatable bonds is 2. The molecule has 17 heavy (non-hydrogen) atoms. The van der Waals surface area contributed by atoms with Crippen LogP contribution in [0.1, 0.15) is 21.5 Å². The molecule has 0 spiro atoms. The van der Waals surface area contributed by atoms with Crippen LogP contribution in [0.15, 0.2) is 36.9 Å². The van der Waals surface area contributed by atoms with E-state index in [9.17, 15) is 4.79 Å². The Kier molecular flexibility index (Phi) is 3.14. The van der Waals surface area contributed by atoms with E-state index in [0.717, 1.165) is 11.3 Å². The summed E-state index contributed by atoms with van der Waals surface area (Å²) in [6, 6.07) is 5.88.